The Kier molecular flexibility index (Phi) is 5.79. The topological polar surface area (TPSA) is 30.9 Å². The molecule has 4 nitrogen and oxygen atoms in total. The molecule has 2 aromatic rings. The lowest BCUT2D eigenvalue weighted by Gasteiger charge is -2.40. The molecule has 2 aliphatic heterocycles. The summed E-state index contributed by atoms with van der Waals surface area (Å²) in [6.07, 6.45) is 3.65. The number of likely N-dealkylation sites (tertiary alicyclic amines) is 1. The predicted molar refractivity (Wildman–Crippen MR) is 114 cm³/mol. The van der Waals surface area contributed by atoms with Crippen LogP contribution < -0.4 is 5.32 Å². The molecule has 2 unspecified atom stereocenters. The van der Waals surface area contributed by atoms with Crippen molar-refractivity contribution in [3.05, 3.63) is 57.8 Å². The summed E-state index contributed by atoms with van der Waals surface area (Å²) in [5.74, 6) is 1.67. The van der Waals surface area contributed by atoms with Crippen LogP contribution in [0.15, 0.2) is 46.8 Å². The van der Waals surface area contributed by atoms with Gasteiger partial charge in [0, 0.05) is 37.6 Å². The average Bonchev–Trinajstić information content (AvgIpc) is 3.22. The van der Waals surface area contributed by atoms with Gasteiger partial charge in [0.2, 0.25) is 0 Å². The summed E-state index contributed by atoms with van der Waals surface area (Å²) < 4.78 is 0. The highest BCUT2D eigenvalue weighted by Gasteiger charge is 2.31. The van der Waals surface area contributed by atoms with E-state index in [0.29, 0.717) is 12.0 Å². The average molecular weight is 383 g/mol. The summed E-state index contributed by atoms with van der Waals surface area (Å²) >= 11 is 1.89. The summed E-state index contributed by atoms with van der Waals surface area (Å²) in [7, 11) is 4.18. The van der Waals surface area contributed by atoms with E-state index in [0.717, 1.165) is 32.0 Å². The first-order chi connectivity index (χ1) is 13.3. The first-order valence-corrected chi connectivity index (χ1v) is 10.9. The van der Waals surface area contributed by atoms with E-state index in [1.54, 1.807) is 0 Å². The Morgan fingerprint density at radius 3 is 2.81 bits per heavy atom. The van der Waals surface area contributed by atoms with Gasteiger partial charge in [-0.25, -0.2) is 0 Å². The molecule has 27 heavy (non-hydrogen) atoms. The molecule has 0 amide bonds. The first-order valence-electron chi connectivity index (χ1n) is 10.0. The largest absolute Gasteiger partial charge is 0.356 e. The van der Waals surface area contributed by atoms with Gasteiger partial charge in [0.1, 0.15) is 0 Å². The van der Waals surface area contributed by atoms with Gasteiger partial charge in [0.25, 0.3) is 0 Å². The third kappa shape index (κ3) is 4.04. The number of fused-ring (bicyclic) bond motifs is 1. The minimum atomic E-state index is 0.520. The molecular weight excluding hydrogens is 352 g/mol. The zero-order valence-corrected chi connectivity index (χ0v) is 17.2. The Labute approximate surface area is 166 Å². The molecule has 144 valence electrons. The van der Waals surface area contributed by atoms with E-state index in [1.165, 1.54) is 35.4 Å². The SMILES string of the molecule is CN=C(NCC1CCCN(C)C1c1cccs1)N1CCc2ccccc2C1. The lowest BCUT2D eigenvalue weighted by Crippen LogP contribution is -2.47. The fourth-order valence-electron chi connectivity index (χ4n) is 4.61. The normalized spacial score (nSPS) is 23.9. The van der Waals surface area contributed by atoms with Gasteiger partial charge in [-0.2, -0.15) is 0 Å². The molecule has 0 bridgehead atoms. The minimum Gasteiger partial charge on any atom is -0.356 e. The number of piperidine rings is 1. The second-order valence-electron chi connectivity index (χ2n) is 7.71. The van der Waals surface area contributed by atoms with E-state index < -0.39 is 0 Å². The summed E-state index contributed by atoms with van der Waals surface area (Å²) in [6, 6.07) is 13.8. The Hall–Kier alpha value is -1.85. The monoisotopic (exact) mass is 382 g/mol. The maximum atomic E-state index is 4.60. The van der Waals surface area contributed by atoms with E-state index in [2.05, 4.69) is 68.9 Å². The van der Waals surface area contributed by atoms with Crippen LogP contribution in [0.1, 0.15) is 34.9 Å². The predicted octanol–water partition coefficient (Wildman–Crippen LogP) is 3.76. The molecule has 0 saturated carbocycles. The Balaban J connectivity index is 1.42. The second kappa shape index (κ2) is 8.44. The third-order valence-corrected chi connectivity index (χ3v) is 6.95. The summed E-state index contributed by atoms with van der Waals surface area (Å²) in [5.41, 5.74) is 2.91. The molecule has 1 N–H and O–H groups in total. The van der Waals surface area contributed by atoms with Crippen molar-refractivity contribution in [1.29, 1.82) is 0 Å². The van der Waals surface area contributed by atoms with Gasteiger partial charge in [-0.1, -0.05) is 30.3 Å². The molecule has 5 heteroatoms. The molecular formula is C22H30N4S. The van der Waals surface area contributed by atoms with Crippen LogP contribution in [0.3, 0.4) is 0 Å². The Morgan fingerprint density at radius 2 is 2.04 bits per heavy atom. The molecule has 1 fully saturated rings. The van der Waals surface area contributed by atoms with Crippen LogP contribution in [0.25, 0.3) is 0 Å². The van der Waals surface area contributed by atoms with E-state index in [9.17, 15) is 0 Å². The molecule has 3 heterocycles. The molecule has 4 rings (SSSR count). The van der Waals surface area contributed by atoms with E-state index in [-0.39, 0.29) is 0 Å². The van der Waals surface area contributed by atoms with Gasteiger partial charge < -0.3 is 10.2 Å². The van der Waals surface area contributed by atoms with Crippen LogP contribution in [0.5, 0.6) is 0 Å². The molecule has 0 spiro atoms. The Morgan fingerprint density at radius 1 is 1.19 bits per heavy atom. The molecule has 1 saturated heterocycles. The number of rotatable bonds is 3. The molecule has 2 atom stereocenters. The maximum Gasteiger partial charge on any atom is 0.193 e. The van der Waals surface area contributed by atoms with Gasteiger partial charge in [-0.15, -0.1) is 11.3 Å². The van der Waals surface area contributed by atoms with Crippen molar-refractivity contribution < 1.29 is 0 Å². The number of benzene rings is 1. The number of hydrogen-bond donors (Lipinski definition) is 1. The number of thiophene rings is 1. The highest BCUT2D eigenvalue weighted by Crippen LogP contribution is 2.36. The lowest BCUT2D eigenvalue weighted by atomic mass is 9.88. The zero-order chi connectivity index (χ0) is 18.6. The fourth-order valence-corrected chi connectivity index (χ4v) is 5.60. The van der Waals surface area contributed by atoms with E-state index in [1.807, 2.05) is 18.4 Å². The maximum absolute atomic E-state index is 4.60. The van der Waals surface area contributed by atoms with Gasteiger partial charge in [-0.3, -0.25) is 9.89 Å². The lowest BCUT2D eigenvalue weighted by molar-refractivity contribution is 0.124. The smallest absolute Gasteiger partial charge is 0.193 e. The van der Waals surface area contributed by atoms with Crippen LogP contribution in [0.4, 0.5) is 0 Å². The minimum absolute atomic E-state index is 0.520. The standard InChI is InChI=1S/C22H30N4S/c1-23-22(26-13-11-17-7-3-4-8-19(17)16-26)24-15-18-9-5-12-25(2)21(18)20-10-6-14-27-20/h3-4,6-8,10,14,18,21H,5,9,11-13,15-16H2,1-2H3,(H,23,24). The first kappa shape index (κ1) is 18.5. The van der Waals surface area contributed by atoms with Crippen molar-refractivity contribution in [3.8, 4) is 0 Å². The van der Waals surface area contributed by atoms with Gasteiger partial charge >= 0.3 is 0 Å². The molecule has 1 aromatic carbocycles. The van der Waals surface area contributed by atoms with Crippen LogP contribution in [0.2, 0.25) is 0 Å². The van der Waals surface area contributed by atoms with Gasteiger partial charge in [0.15, 0.2) is 5.96 Å². The highest BCUT2D eigenvalue weighted by atomic mass is 32.1. The molecule has 0 aliphatic carbocycles. The van der Waals surface area contributed by atoms with E-state index >= 15 is 0 Å². The second-order valence-corrected chi connectivity index (χ2v) is 8.69. The van der Waals surface area contributed by atoms with Crippen LogP contribution in [-0.4, -0.2) is 49.5 Å². The molecule has 1 aromatic heterocycles. The number of aliphatic imine (C=N–C) groups is 1. The van der Waals surface area contributed by atoms with Gasteiger partial charge in [0.05, 0.1) is 0 Å². The summed E-state index contributed by atoms with van der Waals surface area (Å²) in [4.78, 5) is 11.0. The van der Waals surface area contributed by atoms with Crippen LogP contribution in [-0.2, 0) is 13.0 Å². The highest BCUT2D eigenvalue weighted by molar-refractivity contribution is 7.10. The van der Waals surface area contributed by atoms with Crippen molar-refractivity contribution in [1.82, 2.24) is 15.1 Å². The molecule has 0 radical (unpaired) electrons. The molecule has 2 aliphatic rings. The van der Waals surface area contributed by atoms with Crippen molar-refractivity contribution in [2.24, 2.45) is 10.9 Å². The van der Waals surface area contributed by atoms with E-state index in [4.69, 9.17) is 0 Å². The zero-order valence-electron chi connectivity index (χ0n) is 16.4. The number of nitrogens with one attached hydrogen (secondary N) is 1. The summed E-state index contributed by atoms with van der Waals surface area (Å²) in [6.45, 7) is 4.17. The van der Waals surface area contributed by atoms with Crippen molar-refractivity contribution in [2.75, 3.05) is 33.7 Å². The number of hydrogen-bond acceptors (Lipinski definition) is 3. The third-order valence-electron chi connectivity index (χ3n) is 6.01. The fraction of sp³-hybridized carbons (Fsp3) is 0.500. The van der Waals surface area contributed by atoms with Crippen molar-refractivity contribution >= 4 is 17.3 Å². The Bertz CT molecular complexity index is 770. The van der Waals surface area contributed by atoms with Gasteiger partial charge in [-0.05, 0) is 61.3 Å². The van der Waals surface area contributed by atoms with Crippen molar-refractivity contribution in [2.45, 2.75) is 31.8 Å². The van der Waals surface area contributed by atoms with Crippen LogP contribution >= 0.6 is 11.3 Å². The van der Waals surface area contributed by atoms with Crippen LogP contribution in [0, 0.1) is 5.92 Å². The quantitative estimate of drug-likeness (QED) is 0.648. The summed E-state index contributed by atoms with van der Waals surface area (Å²) in [5, 5.41) is 5.91. The van der Waals surface area contributed by atoms with Crippen molar-refractivity contribution in [3.63, 3.8) is 0 Å². The number of nitrogens with zero attached hydrogens (tertiary/aromatic N) is 3. The number of guanidine groups is 1.